The molecule has 1 aromatic rings. The van der Waals surface area contributed by atoms with Gasteiger partial charge in [0.1, 0.15) is 5.75 Å². The number of amides is 1. The van der Waals surface area contributed by atoms with Gasteiger partial charge in [-0.3, -0.25) is 4.79 Å². The maximum atomic E-state index is 11.2. The lowest BCUT2D eigenvalue weighted by Gasteiger charge is -2.15. The SMILES string of the molecule is CCC(N)Cc1cc2c(cc1OCCC(=O)NC)OCO2. The van der Waals surface area contributed by atoms with Crippen LogP contribution in [0.2, 0.25) is 0 Å². The van der Waals surface area contributed by atoms with Crippen molar-refractivity contribution in [1.29, 1.82) is 0 Å². The molecule has 0 aliphatic carbocycles. The lowest BCUT2D eigenvalue weighted by Crippen LogP contribution is -2.22. The maximum Gasteiger partial charge on any atom is 0.231 e. The van der Waals surface area contributed by atoms with Crippen LogP contribution in [-0.2, 0) is 11.2 Å². The zero-order chi connectivity index (χ0) is 15.2. The van der Waals surface area contributed by atoms with E-state index in [-0.39, 0.29) is 18.7 Å². The van der Waals surface area contributed by atoms with Crippen LogP contribution in [0.15, 0.2) is 12.1 Å². The molecule has 0 aromatic heterocycles. The Bertz CT molecular complexity index is 505. The summed E-state index contributed by atoms with van der Waals surface area (Å²) in [4.78, 5) is 11.2. The van der Waals surface area contributed by atoms with E-state index >= 15 is 0 Å². The van der Waals surface area contributed by atoms with E-state index in [1.807, 2.05) is 19.1 Å². The van der Waals surface area contributed by atoms with Gasteiger partial charge in [-0.15, -0.1) is 0 Å². The van der Waals surface area contributed by atoms with E-state index in [1.165, 1.54) is 0 Å². The van der Waals surface area contributed by atoms with Gasteiger partial charge in [0.2, 0.25) is 12.7 Å². The van der Waals surface area contributed by atoms with Crippen molar-refractivity contribution in [3.8, 4) is 17.2 Å². The zero-order valence-corrected chi connectivity index (χ0v) is 12.5. The van der Waals surface area contributed by atoms with Crippen LogP contribution >= 0.6 is 0 Å². The molecular formula is C15H22N2O4. The second-order valence-corrected chi connectivity index (χ2v) is 4.96. The summed E-state index contributed by atoms with van der Waals surface area (Å²) in [7, 11) is 1.61. The smallest absolute Gasteiger partial charge is 0.231 e. The highest BCUT2D eigenvalue weighted by molar-refractivity contribution is 5.75. The molecule has 0 saturated carbocycles. The van der Waals surface area contributed by atoms with Crippen LogP contribution in [-0.4, -0.2) is 32.4 Å². The minimum absolute atomic E-state index is 0.0532. The van der Waals surface area contributed by atoms with E-state index in [1.54, 1.807) is 7.05 Å². The molecule has 1 aliphatic rings. The number of fused-ring (bicyclic) bond motifs is 1. The normalized spacial score (nSPS) is 13.9. The highest BCUT2D eigenvalue weighted by Crippen LogP contribution is 2.38. The lowest BCUT2D eigenvalue weighted by atomic mass is 10.0. The van der Waals surface area contributed by atoms with Crippen LogP contribution in [0.5, 0.6) is 17.2 Å². The van der Waals surface area contributed by atoms with Crippen LogP contribution in [0, 0.1) is 0 Å². The van der Waals surface area contributed by atoms with Crippen molar-refractivity contribution < 1.29 is 19.0 Å². The third-order valence-electron chi connectivity index (χ3n) is 3.43. The van der Waals surface area contributed by atoms with Crippen LogP contribution in [0.3, 0.4) is 0 Å². The summed E-state index contributed by atoms with van der Waals surface area (Å²) < 4.78 is 16.5. The number of nitrogens with two attached hydrogens (primary N) is 1. The Kier molecular flexibility index (Phi) is 5.27. The number of benzene rings is 1. The minimum Gasteiger partial charge on any atom is -0.493 e. The molecule has 6 nitrogen and oxygen atoms in total. The summed E-state index contributed by atoms with van der Waals surface area (Å²) in [6, 6.07) is 3.78. The molecule has 0 spiro atoms. The Morgan fingerprint density at radius 3 is 2.81 bits per heavy atom. The summed E-state index contributed by atoms with van der Waals surface area (Å²) in [6.07, 6.45) is 1.89. The fraction of sp³-hybridized carbons (Fsp3) is 0.533. The number of nitrogens with one attached hydrogen (secondary N) is 1. The van der Waals surface area contributed by atoms with E-state index in [4.69, 9.17) is 19.9 Å². The topological polar surface area (TPSA) is 82.8 Å². The molecule has 0 radical (unpaired) electrons. The number of hydrogen-bond acceptors (Lipinski definition) is 5. The quantitative estimate of drug-likeness (QED) is 0.790. The summed E-state index contributed by atoms with van der Waals surface area (Å²) in [5, 5.41) is 2.57. The molecule has 1 aliphatic heterocycles. The molecule has 0 fully saturated rings. The second kappa shape index (κ2) is 7.17. The number of rotatable bonds is 7. The first-order valence-electron chi connectivity index (χ1n) is 7.15. The largest absolute Gasteiger partial charge is 0.493 e. The molecular weight excluding hydrogens is 272 g/mol. The van der Waals surface area contributed by atoms with Crippen molar-refractivity contribution in [1.82, 2.24) is 5.32 Å². The zero-order valence-electron chi connectivity index (χ0n) is 12.5. The maximum absolute atomic E-state index is 11.2. The molecule has 1 heterocycles. The van der Waals surface area contributed by atoms with Gasteiger partial charge < -0.3 is 25.3 Å². The van der Waals surface area contributed by atoms with E-state index in [9.17, 15) is 4.79 Å². The summed E-state index contributed by atoms with van der Waals surface area (Å²) in [5.74, 6) is 2.03. The van der Waals surface area contributed by atoms with Gasteiger partial charge in [0, 0.05) is 19.2 Å². The molecule has 21 heavy (non-hydrogen) atoms. The van der Waals surface area contributed by atoms with Crippen LogP contribution < -0.4 is 25.3 Å². The van der Waals surface area contributed by atoms with E-state index in [0.717, 1.165) is 12.0 Å². The van der Waals surface area contributed by atoms with Crippen LogP contribution in [0.25, 0.3) is 0 Å². The Balaban J connectivity index is 2.11. The Morgan fingerprint density at radius 1 is 1.43 bits per heavy atom. The third kappa shape index (κ3) is 4.01. The molecule has 0 bridgehead atoms. The Hall–Kier alpha value is -1.95. The van der Waals surface area contributed by atoms with Gasteiger partial charge in [0.25, 0.3) is 0 Å². The average Bonchev–Trinajstić information content (AvgIpc) is 2.94. The van der Waals surface area contributed by atoms with Gasteiger partial charge in [-0.05, 0) is 24.5 Å². The molecule has 1 atom stereocenters. The minimum atomic E-state index is -0.0532. The fourth-order valence-electron chi connectivity index (χ4n) is 2.06. The number of hydrogen-bond donors (Lipinski definition) is 2. The van der Waals surface area contributed by atoms with Crippen molar-refractivity contribution in [2.75, 3.05) is 20.4 Å². The van der Waals surface area contributed by atoms with Crippen molar-refractivity contribution >= 4 is 5.91 Å². The molecule has 2 rings (SSSR count). The molecule has 1 unspecified atom stereocenters. The average molecular weight is 294 g/mol. The summed E-state index contributed by atoms with van der Waals surface area (Å²) >= 11 is 0. The number of ether oxygens (including phenoxy) is 3. The van der Waals surface area contributed by atoms with Crippen molar-refractivity contribution in [2.45, 2.75) is 32.2 Å². The van der Waals surface area contributed by atoms with Crippen molar-refractivity contribution in [2.24, 2.45) is 5.73 Å². The Labute approximate surface area is 124 Å². The molecule has 0 saturated heterocycles. The third-order valence-corrected chi connectivity index (χ3v) is 3.43. The molecule has 6 heteroatoms. The van der Waals surface area contributed by atoms with E-state index < -0.39 is 0 Å². The molecule has 1 amide bonds. The predicted octanol–water partition coefficient (Wildman–Crippen LogP) is 1.21. The van der Waals surface area contributed by atoms with Gasteiger partial charge in [0.05, 0.1) is 13.0 Å². The van der Waals surface area contributed by atoms with Gasteiger partial charge in [-0.1, -0.05) is 6.92 Å². The predicted molar refractivity (Wildman–Crippen MR) is 78.7 cm³/mol. The standard InChI is InChI=1S/C15H22N2O4/c1-3-11(16)6-10-7-13-14(21-9-20-13)8-12(10)19-5-4-15(18)17-2/h7-8,11H,3-6,9,16H2,1-2H3,(H,17,18). The summed E-state index contributed by atoms with van der Waals surface area (Å²) in [6.45, 7) is 2.58. The van der Waals surface area contributed by atoms with Crippen LogP contribution in [0.4, 0.5) is 0 Å². The van der Waals surface area contributed by atoms with Gasteiger partial charge in [-0.25, -0.2) is 0 Å². The number of carbonyl (C=O) groups excluding carboxylic acids is 1. The highest BCUT2D eigenvalue weighted by atomic mass is 16.7. The second-order valence-electron chi connectivity index (χ2n) is 4.96. The first-order valence-corrected chi connectivity index (χ1v) is 7.15. The first-order chi connectivity index (χ1) is 10.1. The van der Waals surface area contributed by atoms with Crippen molar-refractivity contribution in [3.63, 3.8) is 0 Å². The Morgan fingerprint density at radius 2 is 2.14 bits per heavy atom. The molecule has 3 N–H and O–H groups in total. The molecule has 116 valence electrons. The first kappa shape index (κ1) is 15.4. The van der Waals surface area contributed by atoms with Gasteiger partial charge in [-0.2, -0.15) is 0 Å². The monoisotopic (exact) mass is 294 g/mol. The van der Waals surface area contributed by atoms with Crippen molar-refractivity contribution in [3.05, 3.63) is 17.7 Å². The highest BCUT2D eigenvalue weighted by Gasteiger charge is 2.19. The van der Waals surface area contributed by atoms with Crippen LogP contribution in [0.1, 0.15) is 25.3 Å². The van der Waals surface area contributed by atoms with E-state index in [2.05, 4.69) is 5.32 Å². The number of carbonyl (C=O) groups is 1. The lowest BCUT2D eigenvalue weighted by molar-refractivity contribution is -0.121. The summed E-state index contributed by atoms with van der Waals surface area (Å²) in [5.41, 5.74) is 7.00. The van der Waals surface area contributed by atoms with Gasteiger partial charge in [0.15, 0.2) is 11.5 Å². The molecule has 1 aromatic carbocycles. The van der Waals surface area contributed by atoms with Gasteiger partial charge >= 0.3 is 0 Å². The van der Waals surface area contributed by atoms with E-state index in [0.29, 0.717) is 36.7 Å². The fourth-order valence-corrected chi connectivity index (χ4v) is 2.06.